The van der Waals surface area contributed by atoms with Crippen LogP contribution in [-0.2, 0) is 0 Å². The molecule has 0 atom stereocenters. The normalized spacial score (nSPS) is 11.9. The topological polar surface area (TPSA) is 91.0 Å². The van der Waals surface area contributed by atoms with E-state index in [4.69, 9.17) is 33.2 Å². The van der Waals surface area contributed by atoms with Crippen LogP contribution in [0.4, 0.5) is 0 Å². The number of nitrogens with zero attached hydrogens (tertiary/aromatic N) is 4. The number of hydrogen-bond acceptors (Lipinski definition) is 7. The predicted octanol–water partition coefficient (Wildman–Crippen LogP) is 11.6. The molecule has 4 aromatic heterocycles. The van der Waals surface area contributed by atoms with E-state index in [1.807, 2.05) is 103 Å². The van der Waals surface area contributed by atoms with Gasteiger partial charge < -0.3 is 13.3 Å². The van der Waals surface area contributed by atoms with Gasteiger partial charge in [-0.1, -0.05) is 91.0 Å². The molecule has 0 bridgehead atoms. The minimum absolute atomic E-state index is 0.497. The van der Waals surface area contributed by atoms with Gasteiger partial charge in [0.2, 0.25) is 5.89 Å². The van der Waals surface area contributed by atoms with Gasteiger partial charge in [0, 0.05) is 32.8 Å². The van der Waals surface area contributed by atoms with E-state index in [-0.39, 0.29) is 0 Å². The molecule has 7 aromatic carbocycles. The first-order chi connectivity index (χ1) is 25.2. The Morgan fingerprint density at radius 1 is 0.373 bits per heavy atom. The predicted molar refractivity (Wildman–Crippen MR) is 201 cm³/mol. The summed E-state index contributed by atoms with van der Waals surface area (Å²) in [7, 11) is 0. The molecular weight excluding hydrogens is 633 g/mol. The maximum absolute atomic E-state index is 6.60. The Kier molecular flexibility index (Phi) is 5.83. The molecule has 0 spiro atoms. The quantitative estimate of drug-likeness (QED) is 0.186. The van der Waals surface area contributed by atoms with E-state index in [1.54, 1.807) is 0 Å². The maximum Gasteiger partial charge on any atom is 0.227 e. The summed E-state index contributed by atoms with van der Waals surface area (Å²) in [6.07, 6.45) is 0. The smallest absolute Gasteiger partial charge is 0.227 e. The maximum atomic E-state index is 6.60. The molecular formula is C44H24N4O3. The van der Waals surface area contributed by atoms with Crippen molar-refractivity contribution in [3.8, 4) is 45.6 Å². The van der Waals surface area contributed by atoms with Crippen molar-refractivity contribution < 1.29 is 13.3 Å². The van der Waals surface area contributed by atoms with Crippen molar-refractivity contribution in [1.29, 1.82) is 0 Å². The van der Waals surface area contributed by atoms with Crippen LogP contribution in [0.25, 0.3) is 111 Å². The number of benzene rings is 7. The molecule has 11 aromatic rings. The highest BCUT2D eigenvalue weighted by Crippen LogP contribution is 2.40. The van der Waals surface area contributed by atoms with Gasteiger partial charge in [0.25, 0.3) is 0 Å². The third-order valence-electron chi connectivity index (χ3n) is 9.56. The van der Waals surface area contributed by atoms with Gasteiger partial charge in [-0.25, -0.2) is 19.9 Å². The summed E-state index contributed by atoms with van der Waals surface area (Å²) in [5.41, 5.74) is 7.76. The van der Waals surface area contributed by atoms with Crippen LogP contribution in [-0.4, -0.2) is 19.9 Å². The van der Waals surface area contributed by atoms with E-state index < -0.39 is 0 Å². The van der Waals surface area contributed by atoms with Crippen molar-refractivity contribution in [2.45, 2.75) is 0 Å². The number of fused-ring (bicyclic) bond motifs is 9. The van der Waals surface area contributed by atoms with Crippen molar-refractivity contribution in [2.24, 2.45) is 0 Å². The minimum Gasteiger partial charge on any atom is -0.456 e. The summed E-state index contributed by atoms with van der Waals surface area (Å²) in [5.74, 6) is 2.15. The van der Waals surface area contributed by atoms with Crippen molar-refractivity contribution in [3.05, 3.63) is 146 Å². The van der Waals surface area contributed by atoms with Gasteiger partial charge in [-0.2, -0.15) is 0 Å². The number of oxazole rings is 1. The zero-order chi connectivity index (χ0) is 33.5. The van der Waals surface area contributed by atoms with E-state index in [0.29, 0.717) is 40.1 Å². The van der Waals surface area contributed by atoms with Crippen molar-refractivity contribution in [1.82, 2.24) is 19.9 Å². The lowest BCUT2D eigenvalue weighted by atomic mass is 10.1. The fourth-order valence-corrected chi connectivity index (χ4v) is 7.10. The Labute approximate surface area is 289 Å². The molecule has 7 nitrogen and oxygen atoms in total. The molecule has 0 radical (unpaired) electrons. The molecule has 7 heteroatoms. The van der Waals surface area contributed by atoms with Gasteiger partial charge in [-0.15, -0.1) is 0 Å². The van der Waals surface area contributed by atoms with E-state index in [9.17, 15) is 0 Å². The fraction of sp³-hybridized carbons (Fsp3) is 0. The lowest BCUT2D eigenvalue weighted by Crippen LogP contribution is -2.00. The van der Waals surface area contributed by atoms with Crippen LogP contribution in [0.2, 0.25) is 0 Å². The van der Waals surface area contributed by atoms with Crippen LogP contribution >= 0.6 is 0 Å². The summed E-state index contributed by atoms with van der Waals surface area (Å²) in [6, 6.07) is 48.5. The van der Waals surface area contributed by atoms with Gasteiger partial charge in [0.05, 0.1) is 10.9 Å². The molecule has 11 rings (SSSR count). The zero-order valence-corrected chi connectivity index (χ0v) is 26.9. The Bertz CT molecular complexity index is 3160. The summed E-state index contributed by atoms with van der Waals surface area (Å²) >= 11 is 0. The lowest BCUT2D eigenvalue weighted by molar-refractivity contribution is 0.622. The van der Waals surface area contributed by atoms with Crippen LogP contribution in [0.3, 0.4) is 0 Å². The third-order valence-corrected chi connectivity index (χ3v) is 9.56. The van der Waals surface area contributed by atoms with Gasteiger partial charge >= 0.3 is 0 Å². The molecule has 0 aliphatic heterocycles. The molecule has 0 unspecified atom stereocenters. The molecule has 0 amide bonds. The highest BCUT2D eigenvalue weighted by atomic mass is 16.4. The molecule has 0 aliphatic carbocycles. The number of furan rings is 2. The molecule has 0 fully saturated rings. The monoisotopic (exact) mass is 656 g/mol. The van der Waals surface area contributed by atoms with Crippen molar-refractivity contribution in [2.75, 3.05) is 0 Å². The first-order valence-electron chi connectivity index (χ1n) is 16.7. The van der Waals surface area contributed by atoms with Crippen LogP contribution in [0.5, 0.6) is 0 Å². The van der Waals surface area contributed by atoms with Crippen LogP contribution in [0, 0.1) is 0 Å². The number of aromatic nitrogens is 4. The first-order valence-corrected chi connectivity index (χ1v) is 16.7. The van der Waals surface area contributed by atoms with Crippen LogP contribution in [0.1, 0.15) is 0 Å². The average Bonchev–Trinajstić information content (AvgIpc) is 3.91. The average molecular weight is 657 g/mol. The first kappa shape index (κ1) is 27.8. The number of rotatable bonds is 4. The van der Waals surface area contributed by atoms with Crippen molar-refractivity contribution in [3.63, 3.8) is 0 Å². The minimum atomic E-state index is 0.497. The second-order valence-electron chi connectivity index (χ2n) is 12.6. The summed E-state index contributed by atoms with van der Waals surface area (Å²) < 4.78 is 19.3. The second kappa shape index (κ2) is 10.7. The van der Waals surface area contributed by atoms with Gasteiger partial charge in [-0.3, -0.25) is 0 Å². The fourth-order valence-electron chi connectivity index (χ4n) is 7.10. The molecule has 238 valence electrons. The van der Waals surface area contributed by atoms with Gasteiger partial charge in [-0.05, 0) is 65.4 Å². The number of hydrogen-bond donors (Lipinski definition) is 0. The Balaban J connectivity index is 1.13. The Morgan fingerprint density at radius 2 is 1.10 bits per heavy atom. The van der Waals surface area contributed by atoms with Crippen molar-refractivity contribution >= 4 is 65.7 Å². The molecule has 0 saturated carbocycles. The van der Waals surface area contributed by atoms with Gasteiger partial charge in [0.1, 0.15) is 27.8 Å². The third kappa shape index (κ3) is 4.38. The summed E-state index contributed by atoms with van der Waals surface area (Å²) in [6.45, 7) is 0. The standard InChI is InChI=1S/C44H24N4O3/c1-2-10-26(11-3-1)44-45-34-21-22-36-38(40(34)51-44)32-14-8-15-33(39(32)50-36)43-47-41(28-18-17-25-9-4-5-12-27(25)23-28)46-42(48-43)29-19-20-31-30-13-6-7-16-35(30)49-37(31)24-29/h1-24H. The Morgan fingerprint density at radius 3 is 2.00 bits per heavy atom. The SMILES string of the molecule is c1ccc(-c2nc3ccc4oc5c(-c6nc(-c7ccc8ccccc8c7)nc(-c7ccc8c(c7)oc7ccccc78)n6)cccc5c4c3o2)cc1. The summed E-state index contributed by atoms with van der Waals surface area (Å²) in [4.78, 5) is 20.0. The van der Waals surface area contributed by atoms with Crippen LogP contribution in [0.15, 0.2) is 159 Å². The highest BCUT2D eigenvalue weighted by molar-refractivity contribution is 6.18. The van der Waals surface area contributed by atoms with E-state index in [0.717, 1.165) is 71.3 Å². The molecule has 0 N–H and O–H groups in total. The van der Waals surface area contributed by atoms with Crippen LogP contribution < -0.4 is 0 Å². The molecule has 0 saturated heterocycles. The molecule has 51 heavy (non-hydrogen) atoms. The molecule has 4 heterocycles. The second-order valence-corrected chi connectivity index (χ2v) is 12.6. The van der Waals surface area contributed by atoms with E-state index >= 15 is 0 Å². The number of para-hydroxylation sites is 2. The van der Waals surface area contributed by atoms with E-state index in [2.05, 4.69) is 42.5 Å². The highest BCUT2D eigenvalue weighted by Gasteiger charge is 2.21. The largest absolute Gasteiger partial charge is 0.456 e. The van der Waals surface area contributed by atoms with Gasteiger partial charge in [0.15, 0.2) is 23.1 Å². The zero-order valence-electron chi connectivity index (χ0n) is 26.9. The Hall–Kier alpha value is -7.12. The molecule has 0 aliphatic rings. The lowest BCUT2D eigenvalue weighted by Gasteiger charge is -2.09. The summed E-state index contributed by atoms with van der Waals surface area (Å²) in [5, 5.41) is 6.11. The van der Waals surface area contributed by atoms with E-state index in [1.165, 1.54) is 0 Å².